The Labute approximate surface area is 229 Å². The summed E-state index contributed by atoms with van der Waals surface area (Å²) in [6.07, 6.45) is 7.88. The molecule has 0 bridgehead atoms. The molecule has 39 heavy (non-hydrogen) atoms. The number of rotatable bonds is 6. The summed E-state index contributed by atoms with van der Waals surface area (Å²) in [6.45, 7) is 0.890. The molecule has 0 unspecified atom stereocenters. The highest BCUT2D eigenvalue weighted by molar-refractivity contribution is 6.30. The molecular weight excluding hydrogens is 523 g/mol. The topological polar surface area (TPSA) is 141 Å². The number of anilines is 2. The lowest BCUT2D eigenvalue weighted by Crippen LogP contribution is -2.41. The highest BCUT2D eigenvalue weighted by Gasteiger charge is 2.26. The molecule has 1 aliphatic heterocycles. The molecule has 1 aromatic heterocycles. The van der Waals surface area contributed by atoms with Gasteiger partial charge in [-0.05, 0) is 55.3 Å². The number of halogens is 2. The Morgan fingerprint density at radius 3 is 2.38 bits per heavy atom. The van der Waals surface area contributed by atoms with E-state index >= 15 is 4.39 Å². The van der Waals surface area contributed by atoms with Crippen LogP contribution in [0.15, 0.2) is 54.7 Å². The number of nitrogens with one attached hydrogen (secondary N) is 3. The van der Waals surface area contributed by atoms with E-state index in [4.69, 9.17) is 29.2 Å². The SMILES string of the molecule is C#Cc1ccc(NC(=O)c2ccc(C(=N)N3CCC(C(N)=O)CC3)cc2F)c(C(=O)Nc2ccc(Cl)cn2)c1. The predicted octanol–water partition coefficient (Wildman–Crippen LogP) is 3.88. The molecule has 0 atom stereocenters. The molecule has 9 nitrogen and oxygen atoms in total. The van der Waals surface area contributed by atoms with Gasteiger partial charge in [-0.15, -0.1) is 6.42 Å². The molecule has 0 aliphatic carbocycles. The van der Waals surface area contributed by atoms with E-state index in [1.54, 1.807) is 11.0 Å². The second-order valence-corrected chi connectivity index (χ2v) is 9.32. The van der Waals surface area contributed by atoms with Crippen LogP contribution in [0.25, 0.3) is 0 Å². The number of carbonyl (C=O) groups excluding carboxylic acids is 3. The zero-order chi connectivity index (χ0) is 28.1. The number of aromatic nitrogens is 1. The monoisotopic (exact) mass is 546 g/mol. The Morgan fingerprint density at radius 1 is 1.05 bits per heavy atom. The number of piperidine rings is 1. The summed E-state index contributed by atoms with van der Waals surface area (Å²) in [5.41, 5.74) is 5.94. The second kappa shape index (κ2) is 11.8. The fourth-order valence-corrected chi connectivity index (χ4v) is 4.28. The molecule has 1 aliphatic rings. The number of primary amides is 1. The fraction of sp³-hybridized carbons (Fsp3) is 0.179. The van der Waals surface area contributed by atoms with Crippen LogP contribution in [0, 0.1) is 29.5 Å². The minimum atomic E-state index is -0.835. The van der Waals surface area contributed by atoms with E-state index in [1.165, 1.54) is 42.6 Å². The summed E-state index contributed by atoms with van der Waals surface area (Å²) >= 11 is 5.84. The third kappa shape index (κ3) is 6.40. The second-order valence-electron chi connectivity index (χ2n) is 8.88. The molecule has 11 heteroatoms. The predicted molar refractivity (Wildman–Crippen MR) is 146 cm³/mol. The summed E-state index contributed by atoms with van der Waals surface area (Å²) in [6, 6.07) is 11.3. The molecule has 4 rings (SSSR count). The van der Waals surface area contributed by atoms with Gasteiger partial charge in [0, 0.05) is 36.3 Å². The van der Waals surface area contributed by atoms with E-state index in [2.05, 4.69) is 21.5 Å². The van der Waals surface area contributed by atoms with Crippen molar-refractivity contribution in [1.29, 1.82) is 5.41 Å². The number of hydrogen-bond acceptors (Lipinski definition) is 5. The molecular formula is C28H24ClFN6O3. The van der Waals surface area contributed by atoms with Gasteiger partial charge in [0.05, 0.1) is 21.8 Å². The summed E-state index contributed by atoms with van der Waals surface area (Å²) < 4.78 is 15.0. The fourth-order valence-electron chi connectivity index (χ4n) is 4.17. The van der Waals surface area contributed by atoms with Crippen molar-refractivity contribution in [3.05, 3.63) is 87.8 Å². The van der Waals surface area contributed by atoms with Crippen molar-refractivity contribution in [3.63, 3.8) is 0 Å². The average Bonchev–Trinajstić information content (AvgIpc) is 2.93. The number of likely N-dealkylation sites (tertiary alicyclic amines) is 1. The van der Waals surface area contributed by atoms with Gasteiger partial charge in [0.15, 0.2) is 0 Å². The first kappa shape index (κ1) is 27.3. The van der Waals surface area contributed by atoms with Crippen molar-refractivity contribution in [2.75, 3.05) is 23.7 Å². The average molecular weight is 547 g/mol. The molecule has 3 aromatic rings. The summed E-state index contributed by atoms with van der Waals surface area (Å²) in [5, 5.41) is 14.0. The zero-order valence-corrected chi connectivity index (χ0v) is 21.4. The lowest BCUT2D eigenvalue weighted by Gasteiger charge is -2.32. The van der Waals surface area contributed by atoms with E-state index in [1.807, 2.05) is 0 Å². The molecule has 198 valence electrons. The number of nitrogens with two attached hydrogens (primary N) is 1. The maximum atomic E-state index is 15.0. The first-order valence-corrected chi connectivity index (χ1v) is 12.3. The third-order valence-electron chi connectivity index (χ3n) is 6.35. The van der Waals surface area contributed by atoms with Crippen LogP contribution < -0.4 is 16.4 Å². The molecule has 2 aromatic carbocycles. The standard InChI is InChI=1S/C28H24ClFN6O3/c1-2-16-3-7-23(21(13-16)28(39)35-24-8-5-19(29)15-33-24)34-27(38)20-6-4-18(14-22(20)30)25(31)36-11-9-17(10-12-36)26(32)37/h1,3-8,13-15,17,31H,9-12H2,(H2,32,37)(H,34,38)(H,33,35,39). The lowest BCUT2D eigenvalue weighted by atomic mass is 9.95. The van der Waals surface area contributed by atoms with E-state index < -0.39 is 17.6 Å². The van der Waals surface area contributed by atoms with Crippen LogP contribution in [0.1, 0.15) is 44.7 Å². The van der Waals surface area contributed by atoms with Crippen LogP contribution >= 0.6 is 11.6 Å². The van der Waals surface area contributed by atoms with Gasteiger partial charge in [0.1, 0.15) is 17.5 Å². The van der Waals surface area contributed by atoms with Crippen LogP contribution in [0.2, 0.25) is 5.02 Å². The maximum absolute atomic E-state index is 15.0. The minimum absolute atomic E-state index is 0.0497. The maximum Gasteiger partial charge on any atom is 0.258 e. The van der Waals surface area contributed by atoms with Gasteiger partial charge in [-0.3, -0.25) is 19.8 Å². The van der Waals surface area contributed by atoms with Crippen molar-refractivity contribution < 1.29 is 18.8 Å². The molecule has 0 spiro atoms. The quantitative estimate of drug-likeness (QED) is 0.211. The van der Waals surface area contributed by atoms with Crippen molar-refractivity contribution >= 4 is 46.7 Å². The molecule has 0 radical (unpaired) electrons. The first-order chi connectivity index (χ1) is 18.7. The number of pyridine rings is 1. The van der Waals surface area contributed by atoms with Crippen molar-refractivity contribution in [2.45, 2.75) is 12.8 Å². The van der Waals surface area contributed by atoms with E-state index in [0.717, 1.165) is 6.07 Å². The smallest absolute Gasteiger partial charge is 0.258 e. The number of nitrogens with zero attached hydrogens (tertiary/aromatic N) is 2. The van der Waals surface area contributed by atoms with Gasteiger partial charge < -0.3 is 21.3 Å². The van der Waals surface area contributed by atoms with Gasteiger partial charge in [-0.25, -0.2) is 9.37 Å². The first-order valence-electron chi connectivity index (χ1n) is 11.9. The molecule has 0 saturated carbocycles. The number of amides is 3. The number of carbonyl (C=O) groups is 3. The molecule has 5 N–H and O–H groups in total. The highest BCUT2D eigenvalue weighted by atomic mass is 35.5. The van der Waals surface area contributed by atoms with Crippen LogP contribution in [0.3, 0.4) is 0 Å². The third-order valence-corrected chi connectivity index (χ3v) is 6.57. The Bertz CT molecular complexity index is 1490. The van der Waals surface area contributed by atoms with E-state index in [-0.39, 0.29) is 45.9 Å². The van der Waals surface area contributed by atoms with Crippen LogP contribution in [-0.4, -0.2) is 46.5 Å². The molecule has 3 amide bonds. The van der Waals surface area contributed by atoms with E-state index in [0.29, 0.717) is 36.5 Å². The van der Waals surface area contributed by atoms with Gasteiger partial charge in [0.25, 0.3) is 11.8 Å². The van der Waals surface area contributed by atoms with Crippen LogP contribution in [-0.2, 0) is 4.79 Å². The number of terminal acetylenes is 1. The summed E-state index contributed by atoms with van der Waals surface area (Å²) in [5.74, 6) is -0.0672. The Balaban J connectivity index is 1.50. The van der Waals surface area contributed by atoms with Crippen LogP contribution in [0.5, 0.6) is 0 Å². The van der Waals surface area contributed by atoms with Gasteiger partial charge in [0.2, 0.25) is 5.91 Å². The minimum Gasteiger partial charge on any atom is -0.369 e. The number of hydrogen-bond donors (Lipinski definition) is 4. The highest BCUT2D eigenvalue weighted by Crippen LogP contribution is 2.23. The van der Waals surface area contributed by atoms with Crippen molar-refractivity contribution in [1.82, 2.24) is 9.88 Å². The van der Waals surface area contributed by atoms with Crippen molar-refractivity contribution in [3.8, 4) is 12.3 Å². The van der Waals surface area contributed by atoms with Gasteiger partial charge >= 0.3 is 0 Å². The number of amidine groups is 1. The molecule has 2 heterocycles. The normalized spacial score (nSPS) is 13.3. The Hall–Kier alpha value is -4.75. The number of benzene rings is 2. The van der Waals surface area contributed by atoms with Gasteiger partial charge in [-0.2, -0.15) is 0 Å². The largest absolute Gasteiger partial charge is 0.369 e. The van der Waals surface area contributed by atoms with Crippen LogP contribution in [0.4, 0.5) is 15.9 Å². The van der Waals surface area contributed by atoms with Gasteiger partial charge in [-0.1, -0.05) is 23.6 Å². The molecule has 1 fully saturated rings. The zero-order valence-electron chi connectivity index (χ0n) is 20.6. The molecule has 1 saturated heterocycles. The summed E-state index contributed by atoms with van der Waals surface area (Å²) in [7, 11) is 0. The van der Waals surface area contributed by atoms with Crippen molar-refractivity contribution in [2.24, 2.45) is 11.7 Å². The Kier molecular flexibility index (Phi) is 8.22. The lowest BCUT2D eigenvalue weighted by molar-refractivity contribution is -0.122. The van der Waals surface area contributed by atoms with E-state index in [9.17, 15) is 14.4 Å². The summed E-state index contributed by atoms with van der Waals surface area (Å²) in [4.78, 5) is 43.1. The Morgan fingerprint density at radius 2 is 1.77 bits per heavy atom.